The van der Waals surface area contributed by atoms with Crippen LogP contribution < -0.4 is 4.74 Å². The molecule has 124 valence electrons. The maximum Gasteiger partial charge on any atom is 0.161 e. The van der Waals surface area contributed by atoms with Crippen LogP contribution in [0.3, 0.4) is 0 Å². The summed E-state index contributed by atoms with van der Waals surface area (Å²) in [6, 6.07) is 28.7. The average Bonchev–Trinajstić information content (AvgIpc) is 3.08. The molecule has 1 heterocycles. The van der Waals surface area contributed by atoms with E-state index in [0.717, 1.165) is 33.1 Å². The van der Waals surface area contributed by atoms with Crippen LogP contribution in [0, 0.1) is 0 Å². The van der Waals surface area contributed by atoms with E-state index < -0.39 is 0 Å². The zero-order chi connectivity index (χ0) is 16.9. The molecule has 3 heteroatoms. The van der Waals surface area contributed by atoms with Crippen LogP contribution >= 0.6 is 11.8 Å². The number of benzene rings is 3. The predicted octanol–water partition coefficient (Wildman–Crippen LogP) is 6.30. The lowest BCUT2D eigenvalue weighted by Gasteiger charge is -2.05. The number of hydrogen-bond donors (Lipinski definition) is 0. The summed E-state index contributed by atoms with van der Waals surface area (Å²) in [5.74, 6) is 1.73. The van der Waals surface area contributed by atoms with Crippen LogP contribution in [0.2, 0.25) is 0 Å². The summed E-state index contributed by atoms with van der Waals surface area (Å²) in [5, 5.41) is 2.03. The molecule has 1 aromatic heterocycles. The predicted molar refractivity (Wildman–Crippen MR) is 103 cm³/mol. The molecule has 0 saturated carbocycles. The minimum Gasteiger partial charge on any atom is -0.489 e. The third-order valence-electron chi connectivity index (χ3n) is 3.94. The topological polar surface area (TPSA) is 22.4 Å². The zero-order valence-electron chi connectivity index (χ0n) is 13.7. The van der Waals surface area contributed by atoms with Gasteiger partial charge in [-0.1, -0.05) is 72.4 Å². The molecule has 4 aromatic rings. The zero-order valence-corrected chi connectivity index (χ0v) is 14.5. The second-order valence-electron chi connectivity index (χ2n) is 5.81. The van der Waals surface area contributed by atoms with Gasteiger partial charge in [0.1, 0.15) is 17.9 Å². The van der Waals surface area contributed by atoms with Gasteiger partial charge < -0.3 is 9.15 Å². The highest BCUT2D eigenvalue weighted by Gasteiger charge is 2.06. The van der Waals surface area contributed by atoms with Gasteiger partial charge in [0.25, 0.3) is 0 Å². The Balaban J connectivity index is 1.44. The highest BCUT2D eigenvalue weighted by Crippen LogP contribution is 2.31. The lowest BCUT2D eigenvalue weighted by molar-refractivity contribution is 0.306. The van der Waals surface area contributed by atoms with Gasteiger partial charge in [0.2, 0.25) is 0 Å². The van der Waals surface area contributed by atoms with Gasteiger partial charge in [-0.15, -0.1) is 0 Å². The quantitative estimate of drug-likeness (QED) is 0.382. The lowest BCUT2D eigenvalue weighted by Crippen LogP contribution is -1.94. The van der Waals surface area contributed by atoms with Gasteiger partial charge in [0.15, 0.2) is 5.09 Å². The van der Waals surface area contributed by atoms with Crippen LogP contribution in [-0.4, -0.2) is 0 Å². The largest absolute Gasteiger partial charge is 0.489 e. The van der Waals surface area contributed by atoms with E-state index in [1.807, 2.05) is 42.5 Å². The SMILES string of the molecule is c1ccc(COc2ccc3cc(SCc4ccccc4)oc3c2)cc1. The number of fused-ring (bicyclic) bond motifs is 1. The molecule has 0 atom stereocenters. The van der Waals surface area contributed by atoms with Gasteiger partial charge in [-0.2, -0.15) is 0 Å². The first-order valence-corrected chi connectivity index (χ1v) is 9.22. The number of rotatable bonds is 6. The number of furan rings is 1. The van der Waals surface area contributed by atoms with Gasteiger partial charge >= 0.3 is 0 Å². The summed E-state index contributed by atoms with van der Waals surface area (Å²) in [7, 11) is 0. The van der Waals surface area contributed by atoms with E-state index in [0.29, 0.717) is 6.61 Å². The van der Waals surface area contributed by atoms with E-state index in [-0.39, 0.29) is 0 Å². The fourth-order valence-corrected chi connectivity index (χ4v) is 3.48. The monoisotopic (exact) mass is 346 g/mol. The summed E-state index contributed by atoms with van der Waals surface area (Å²) in [4.78, 5) is 0. The maximum absolute atomic E-state index is 5.97. The first-order valence-electron chi connectivity index (χ1n) is 8.24. The Hall–Kier alpha value is -2.65. The molecular weight excluding hydrogens is 328 g/mol. The molecule has 3 aromatic carbocycles. The standard InChI is InChI=1S/C22H18O2S/c1-3-7-17(8-4-1)15-23-20-12-11-19-13-22(24-21(19)14-20)25-16-18-9-5-2-6-10-18/h1-14H,15-16H2. The van der Waals surface area contributed by atoms with Crippen molar-refractivity contribution in [3.63, 3.8) is 0 Å². The molecule has 0 unspecified atom stereocenters. The molecule has 0 spiro atoms. The Bertz CT molecular complexity index is 904. The molecule has 0 amide bonds. The third kappa shape index (κ3) is 4.06. The number of ether oxygens (including phenoxy) is 1. The van der Waals surface area contributed by atoms with E-state index in [1.165, 1.54) is 5.56 Å². The number of thioether (sulfide) groups is 1. The Morgan fingerprint density at radius 3 is 2.24 bits per heavy atom. The van der Waals surface area contributed by atoms with Crippen molar-refractivity contribution in [3.05, 3.63) is 96.1 Å². The van der Waals surface area contributed by atoms with E-state index in [4.69, 9.17) is 9.15 Å². The molecular formula is C22H18O2S. The fraction of sp³-hybridized carbons (Fsp3) is 0.0909. The fourth-order valence-electron chi connectivity index (χ4n) is 2.62. The van der Waals surface area contributed by atoms with Crippen LogP contribution in [0.15, 0.2) is 94.4 Å². The van der Waals surface area contributed by atoms with Crippen molar-refractivity contribution >= 4 is 22.7 Å². The summed E-state index contributed by atoms with van der Waals surface area (Å²) in [5.41, 5.74) is 3.31. The summed E-state index contributed by atoms with van der Waals surface area (Å²) in [6.07, 6.45) is 0. The molecule has 0 N–H and O–H groups in total. The van der Waals surface area contributed by atoms with Crippen molar-refractivity contribution in [1.29, 1.82) is 0 Å². The molecule has 0 aliphatic rings. The molecule has 0 aliphatic carbocycles. The van der Waals surface area contributed by atoms with Crippen molar-refractivity contribution in [2.24, 2.45) is 0 Å². The Kier molecular flexibility index (Phi) is 4.75. The molecule has 0 radical (unpaired) electrons. The number of hydrogen-bond acceptors (Lipinski definition) is 3. The normalized spacial score (nSPS) is 10.9. The first-order chi connectivity index (χ1) is 12.4. The lowest BCUT2D eigenvalue weighted by atomic mass is 10.2. The van der Waals surface area contributed by atoms with Crippen molar-refractivity contribution in [3.8, 4) is 5.75 Å². The molecule has 0 aliphatic heterocycles. The Labute approximate surface area is 151 Å². The smallest absolute Gasteiger partial charge is 0.161 e. The average molecular weight is 346 g/mol. The Morgan fingerprint density at radius 2 is 1.48 bits per heavy atom. The molecule has 4 rings (SSSR count). The first kappa shape index (κ1) is 15.9. The molecule has 0 bridgehead atoms. The summed E-state index contributed by atoms with van der Waals surface area (Å²) < 4.78 is 11.8. The minimum atomic E-state index is 0.558. The molecule has 25 heavy (non-hydrogen) atoms. The Morgan fingerprint density at radius 1 is 0.760 bits per heavy atom. The van der Waals surface area contributed by atoms with Gasteiger partial charge in [0.05, 0.1) is 0 Å². The highest BCUT2D eigenvalue weighted by atomic mass is 32.2. The van der Waals surface area contributed by atoms with Crippen LogP contribution in [0.4, 0.5) is 0 Å². The van der Waals surface area contributed by atoms with Crippen molar-refractivity contribution < 1.29 is 9.15 Å². The van der Waals surface area contributed by atoms with Crippen LogP contribution in [0.1, 0.15) is 11.1 Å². The second-order valence-corrected chi connectivity index (χ2v) is 6.79. The minimum absolute atomic E-state index is 0.558. The van der Waals surface area contributed by atoms with E-state index >= 15 is 0 Å². The van der Waals surface area contributed by atoms with Gasteiger partial charge in [-0.05, 0) is 29.3 Å². The van der Waals surface area contributed by atoms with Gasteiger partial charge in [-0.25, -0.2) is 0 Å². The van der Waals surface area contributed by atoms with Gasteiger partial charge in [-0.3, -0.25) is 0 Å². The van der Waals surface area contributed by atoms with Crippen LogP contribution in [-0.2, 0) is 12.4 Å². The van der Waals surface area contributed by atoms with Crippen LogP contribution in [0.25, 0.3) is 11.0 Å². The molecule has 2 nitrogen and oxygen atoms in total. The van der Waals surface area contributed by atoms with Crippen molar-refractivity contribution in [2.75, 3.05) is 0 Å². The third-order valence-corrected chi connectivity index (χ3v) is 4.90. The highest BCUT2D eigenvalue weighted by molar-refractivity contribution is 7.98. The van der Waals surface area contributed by atoms with Gasteiger partial charge in [0, 0.05) is 17.2 Å². The van der Waals surface area contributed by atoms with Crippen LogP contribution in [0.5, 0.6) is 5.75 Å². The van der Waals surface area contributed by atoms with E-state index in [1.54, 1.807) is 11.8 Å². The van der Waals surface area contributed by atoms with E-state index in [2.05, 4.69) is 42.5 Å². The van der Waals surface area contributed by atoms with Crippen molar-refractivity contribution in [1.82, 2.24) is 0 Å². The second kappa shape index (κ2) is 7.49. The van der Waals surface area contributed by atoms with E-state index in [9.17, 15) is 0 Å². The maximum atomic E-state index is 5.97. The molecule has 0 fully saturated rings. The molecule has 0 saturated heterocycles. The summed E-state index contributed by atoms with van der Waals surface area (Å²) in [6.45, 7) is 0.558. The summed E-state index contributed by atoms with van der Waals surface area (Å²) >= 11 is 1.71. The van der Waals surface area contributed by atoms with Crippen molar-refractivity contribution in [2.45, 2.75) is 17.5 Å².